The number of ether oxygens (including phenoxy) is 1. The summed E-state index contributed by atoms with van der Waals surface area (Å²) in [6.07, 6.45) is 1.73. The number of amidine groups is 1. The molecule has 0 aliphatic carbocycles. The second-order valence-electron chi connectivity index (χ2n) is 4.63. The lowest BCUT2D eigenvalue weighted by Gasteiger charge is -2.04. The summed E-state index contributed by atoms with van der Waals surface area (Å²) in [6, 6.07) is 6.04. The van der Waals surface area contributed by atoms with Crippen molar-refractivity contribution in [2.45, 2.75) is 19.4 Å². The van der Waals surface area contributed by atoms with Gasteiger partial charge in [-0.3, -0.25) is 25.3 Å². The van der Waals surface area contributed by atoms with E-state index in [2.05, 4.69) is 15.5 Å². The summed E-state index contributed by atoms with van der Waals surface area (Å²) in [5.41, 5.74) is 3.39. The number of nitro benzene ring substituents is 1. The maximum atomic E-state index is 11.4. The average Bonchev–Trinajstić information content (AvgIpc) is 2.95. The lowest BCUT2D eigenvalue weighted by molar-refractivity contribution is -0.384. The van der Waals surface area contributed by atoms with E-state index in [1.807, 2.05) is 0 Å². The van der Waals surface area contributed by atoms with Crippen molar-refractivity contribution >= 4 is 34.8 Å². The van der Waals surface area contributed by atoms with Crippen molar-refractivity contribution in [1.82, 2.24) is 5.43 Å². The molecule has 0 fully saturated rings. The fourth-order valence-corrected chi connectivity index (χ4v) is 2.76. The Morgan fingerprint density at radius 2 is 2.48 bits per heavy atom. The van der Waals surface area contributed by atoms with Crippen LogP contribution in [0.3, 0.4) is 0 Å². The maximum absolute atomic E-state index is 11.4. The second kappa shape index (κ2) is 8.28. The van der Waals surface area contributed by atoms with Gasteiger partial charge >= 0.3 is 5.97 Å². The van der Waals surface area contributed by atoms with Crippen LogP contribution in [-0.4, -0.2) is 40.7 Å². The smallest absolute Gasteiger partial charge is 0.307 e. The number of nitrogens with one attached hydrogen (secondary N) is 1. The van der Waals surface area contributed by atoms with E-state index in [1.54, 1.807) is 19.1 Å². The first-order chi connectivity index (χ1) is 11.1. The summed E-state index contributed by atoms with van der Waals surface area (Å²) in [5, 5.41) is 15.3. The number of rotatable bonds is 6. The normalized spacial score (nSPS) is 17.1. The van der Waals surface area contributed by atoms with Crippen molar-refractivity contribution in [3.63, 3.8) is 0 Å². The largest absolute Gasteiger partial charge is 0.466 e. The first-order valence-corrected chi connectivity index (χ1v) is 7.96. The number of esters is 1. The number of non-ortho nitro benzene ring substituents is 1. The van der Waals surface area contributed by atoms with E-state index in [0.717, 1.165) is 0 Å². The van der Waals surface area contributed by atoms with E-state index < -0.39 is 4.92 Å². The molecule has 1 aromatic rings. The van der Waals surface area contributed by atoms with Crippen LogP contribution in [0.1, 0.15) is 18.9 Å². The van der Waals surface area contributed by atoms with Gasteiger partial charge in [0.25, 0.3) is 5.69 Å². The molecule has 122 valence electrons. The molecule has 1 unspecified atom stereocenters. The van der Waals surface area contributed by atoms with E-state index in [4.69, 9.17) is 4.74 Å². The van der Waals surface area contributed by atoms with Gasteiger partial charge in [0.2, 0.25) is 0 Å². The van der Waals surface area contributed by atoms with Crippen molar-refractivity contribution in [3.05, 3.63) is 39.9 Å². The summed E-state index contributed by atoms with van der Waals surface area (Å²) >= 11 is 1.46. The van der Waals surface area contributed by atoms with Crippen LogP contribution < -0.4 is 5.43 Å². The summed E-state index contributed by atoms with van der Waals surface area (Å²) in [6.45, 7) is 2.13. The first-order valence-electron chi connectivity index (χ1n) is 6.98. The number of benzene rings is 1. The maximum Gasteiger partial charge on any atom is 0.307 e. The van der Waals surface area contributed by atoms with E-state index in [9.17, 15) is 14.9 Å². The number of thioether (sulfide) groups is 1. The van der Waals surface area contributed by atoms with Crippen LogP contribution in [0.25, 0.3) is 0 Å². The minimum atomic E-state index is -0.457. The SMILES string of the molecule is CCOC(=O)CC1CSC(N/N=C/c2cccc([N+](=O)[O-])c2)=N1. The zero-order valence-electron chi connectivity index (χ0n) is 12.5. The zero-order valence-corrected chi connectivity index (χ0v) is 13.3. The van der Waals surface area contributed by atoms with E-state index in [1.165, 1.54) is 30.1 Å². The molecule has 1 heterocycles. The van der Waals surface area contributed by atoms with Crippen LogP contribution in [-0.2, 0) is 9.53 Å². The Hall–Kier alpha value is -2.42. The lowest BCUT2D eigenvalue weighted by atomic mass is 10.2. The van der Waals surface area contributed by atoms with Crippen molar-refractivity contribution in [3.8, 4) is 0 Å². The summed E-state index contributed by atoms with van der Waals surface area (Å²) in [5.74, 6) is 0.427. The van der Waals surface area contributed by atoms with Crippen LogP contribution in [0.2, 0.25) is 0 Å². The van der Waals surface area contributed by atoms with Crippen LogP contribution >= 0.6 is 11.8 Å². The summed E-state index contributed by atoms with van der Waals surface area (Å²) in [7, 11) is 0. The highest BCUT2D eigenvalue weighted by Gasteiger charge is 2.21. The van der Waals surface area contributed by atoms with Gasteiger partial charge in [0.15, 0.2) is 5.17 Å². The molecule has 0 spiro atoms. The molecule has 0 radical (unpaired) electrons. The third kappa shape index (κ3) is 5.37. The number of hydrazone groups is 1. The molecule has 1 aromatic carbocycles. The van der Waals surface area contributed by atoms with Gasteiger partial charge in [-0.1, -0.05) is 23.9 Å². The molecule has 0 aromatic heterocycles. The van der Waals surface area contributed by atoms with E-state index >= 15 is 0 Å². The monoisotopic (exact) mass is 336 g/mol. The molecular formula is C14H16N4O4S. The number of hydrogen-bond acceptors (Lipinski definition) is 8. The Morgan fingerprint density at radius 1 is 1.65 bits per heavy atom. The Kier molecular flexibility index (Phi) is 6.10. The van der Waals surface area contributed by atoms with Crippen molar-refractivity contribution in [2.24, 2.45) is 10.1 Å². The molecule has 23 heavy (non-hydrogen) atoms. The van der Waals surface area contributed by atoms with Crippen molar-refractivity contribution in [2.75, 3.05) is 12.4 Å². The van der Waals surface area contributed by atoms with Gasteiger partial charge in [-0.25, -0.2) is 0 Å². The fraction of sp³-hybridized carbons (Fsp3) is 0.357. The Morgan fingerprint density at radius 3 is 3.22 bits per heavy atom. The minimum absolute atomic E-state index is 0.0102. The molecule has 0 saturated carbocycles. The third-order valence-electron chi connectivity index (χ3n) is 2.87. The summed E-state index contributed by atoms with van der Waals surface area (Å²) in [4.78, 5) is 26.0. The van der Waals surface area contributed by atoms with Crippen LogP contribution in [0.4, 0.5) is 5.69 Å². The molecule has 1 N–H and O–H groups in total. The Bertz CT molecular complexity index is 647. The average molecular weight is 336 g/mol. The van der Waals surface area contributed by atoms with Crippen LogP contribution in [0.5, 0.6) is 0 Å². The number of carbonyl (C=O) groups is 1. The van der Waals surface area contributed by atoms with Crippen LogP contribution in [0, 0.1) is 10.1 Å². The van der Waals surface area contributed by atoms with Gasteiger partial charge in [-0.2, -0.15) is 5.10 Å². The van der Waals surface area contributed by atoms with Gasteiger partial charge in [0, 0.05) is 23.4 Å². The molecule has 2 rings (SSSR count). The van der Waals surface area contributed by atoms with Gasteiger partial charge in [0.1, 0.15) is 0 Å². The predicted octanol–water partition coefficient (Wildman–Crippen LogP) is 1.94. The molecule has 0 bridgehead atoms. The van der Waals surface area contributed by atoms with Gasteiger partial charge < -0.3 is 4.74 Å². The molecule has 0 saturated heterocycles. The lowest BCUT2D eigenvalue weighted by Crippen LogP contribution is -2.15. The molecule has 1 aliphatic rings. The number of aliphatic imine (C=N–C) groups is 1. The molecule has 8 nitrogen and oxygen atoms in total. The highest BCUT2D eigenvalue weighted by Crippen LogP contribution is 2.19. The zero-order chi connectivity index (χ0) is 16.7. The third-order valence-corrected chi connectivity index (χ3v) is 3.90. The highest BCUT2D eigenvalue weighted by molar-refractivity contribution is 8.14. The minimum Gasteiger partial charge on any atom is -0.466 e. The Balaban J connectivity index is 1.87. The predicted molar refractivity (Wildman–Crippen MR) is 88.8 cm³/mol. The topological polar surface area (TPSA) is 106 Å². The molecule has 1 atom stereocenters. The van der Waals surface area contributed by atoms with Gasteiger partial charge in [-0.15, -0.1) is 0 Å². The van der Waals surface area contributed by atoms with Gasteiger partial charge in [-0.05, 0) is 6.92 Å². The number of carbonyl (C=O) groups excluding carboxylic acids is 1. The molecule has 9 heteroatoms. The van der Waals surface area contributed by atoms with Crippen molar-refractivity contribution < 1.29 is 14.5 Å². The number of nitrogens with zero attached hydrogens (tertiary/aromatic N) is 3. The molecular weight excluding hydrogens is 320 g/mol. The highest BCUT2D eigenvalue weighted by atomic mass is 32.2. The van der Waals surface area contributed by atoms with E-state index in [-0.39, 0.29) is 24.1 Å². The van der Waals surface area contributed by atoms with Crippen LogP contribution in [0.15, 0.2) is 34.4 Å². The number of nitro groups is 1. The van der Waals surface area contributed by atoms with Gasteiger partial charge in [0.05, 0.1) is 30.2 Å². The quantitative estimate of drug-likeness (QED) is 0.368. The second-order valence-corrected chi connectivity index (χ2v) is 5.64. The molecule has 0 amide bonds. The van der Waals surface area contributed by atoms with E-state index in [0.29, 0.717) is 23.1 Å². The standard InChI is InChI=1S/C14H16N4O4S/c1-2-22-13(19)7-11-9-23-14(16-11)17-15-8-10-4-3-5-12(6-10)18(20)21/h3-6,8,11H,2,7,9H2,1H3,(H,16,17)/b15-8+. The van der Waals surface area contributed by atoms with Crippen molar-refractivity contribution in [1.29, 1.82) is 0 Å². The Labute approximate surface area is 137 Å². The first kappa shape index (κ1) is 16.9. The molecule has 1 aliphatic heterocycles. The number of hydrogen-bond donors (Lipinski definition) is 1. The fourth-order valence-electron chi connectivity index (χ4n) is 1.87. The summed E-state index contributed by atoms with van der Waals surface area (Å²) < 4.78 is 4.89.